The van der Waals surface area contributed by atoms with E-state index in [0.717, 1.165) is 31.5 Å². The van der Waals surface area contributed by atoms with Gasteiger partial charge in [0.15, 0.2) is 0 Å². The third-order valence-electron chi connectivity index (χ3n) is 6.79. The summed E-state index contributed by atoms with van der Waals surface area (Å²) >= 11 is 0. The van der Waals surface area contributed by atoms with E-state index in [2.05, 4.69) is 85.3 Å². The predicted octanol–water partition coefficient (Wildman–Crippen LogP) is 5.39. The van der Waals surface area contributed by atoms with Gasteiger partial charge >= 0.3 is 0 Å². The highest BCUT2D eigenvalue weighted by molar-refractivity contribution is 5.79. The van der Waals surface area contributed by atoms with Crippen molar-refractivity contribution in [3.05, 3.63) is 70.6 Å². The highest BCUT2D eigenvalue weighted by Crippen LogP contribution is 2.27. The molecule has 0 aliphatic carbocycles. The van der Waals surface area contributed by atoms with Crippen LogP contribution in [-0.4, -0.2) is 34.0 Å². The fourth-order valence-electron chi connectivity index (χ4n) is 4.81. The van der Waals surface area contributed by atoms with E-state index in [1.165, 1.54) is 22.3 Å². The molecule has 3 aromatic rings. The van der Waals surface area contributed by atoms with Crippen LogP contribution in [0.1, 0.15) is 60.9 Å². The van der Waals surface area contributed by atoms with E-state index in [1.54, 1.807) is 0 Å². The van der Waals surface area contributed by atoms with Crippen molar-refractivity contribution in [1.29, 1.82) is 0 Å². The number of carbonyl (C=O) groups is 1. The summed E-state index contributed by atoms with van der Waals surface area (Å²) < 4.78 is 5.50. The Labute approximate surface area is 202 Å². The molecule has 1 N–H and O–H groups in total. The fourth-order valence-corrected chi connectivity index (χ4v) is 4.81. The molecule has 6 heteroatoms. The molecular weight excluding hydrogens is 424 g/mol. The van der Waals surface area contributed by atoms with Crippen molar-refractivity contribution in [2.75, 3.05) is 13.1 Å². The summed E-state index contributed by atoms with van der Waals surface area (Å²) in [5, 5.41) is 7.50. The molecule has 2 aromatic carbocycles. The van der Waals surface area contributed by atoms with Gasteiger partial charge in [-0.2, -0.15) is 4.98 Å². The molecule has 1 fully saturated rings. The maximum absolute atomic E-state index is 13.1. The van der Waals surface area contributed by atoms with Crippen molar-refractivity contribution in [2.45, 2.75) is 60.0 Å². The normalized spacial score (nSPS) is 16.1. The van der Waals surface area contributed by atoms with Crippen LogP contribution in [0, 0.1) is 32.6 Å². The van der Waals surface area contributed by atoms with Gasteiger partial charge < -0.3 is 9.84 Å². The van der Waals surface area contributed by atoms with E-state index in [0.29, 0.717) is 24.2 Å². The number of piperidine rings is 1. The Morgan fingerprint density at radius 1 is 1.09 bits per heavy atom. The molecule has 1 aromatic heterocycles. The topological polar surface area (TPSA) is 71.3 Å². The van der Waals surface area contributed by atoms with Crippen molar-refractivity contribution in [3.63, 3.8) is 0 Å². The molecule has 0 radical (unpaired) electrons. The molecule has 1 amide bonds. The zero-order valence-electron chi connectivity index (χ0n) is 21.0. The number of amides is 1. The second-order valence-corrected chi connectivity index (χ2v) is 10.0. The van der Waals surface area contributed by atoms with E-state index in [9.17, 15) is 4.79 Å². The van der Waals surface area contributed by atoms with E-state index in [-0.39, 0.29) is 17.9 Å². The van der Waals surface area contributed by atoms with Crippen LogP contribution in [0.3, 0.4) is 0 Å². The van der Waals surface area contributed by atoms with Gasteiger partial charge in [-0.15, -0.1) is 0 Å². The molecule has 1 aliphatic heterocycles. The number of aromatic nitrogens is 2. The summed E-state index contributed by atoms with van der Waals surface area (Å²) in [7, 11) is 0. The van der Waals surface area contributed by atoms with E-state index in [4.69, 9.17) is 4.52 Å². The largest absolute Gasteiger partial charge is 0.349 e. The highest BCUT2D eigenvalue weighted by atomic mass is 16.5. The van der Waals surface area contributed by atoms with Gasteiger partial charge in [0.05, 0.1) is 12.6 Å². The molecule has 1 atom stereocenters. The van der Waals surface area contributed by atoms with Gasteiger partial charge in [-0.05, 0) is 69.8 Å². The molecule has 6 nitrogen and oxygen atoms in total. The van der Waals surface area contributed by atoms with Crippen molar-refractivity contribution in [1.82, 2.24) is 20.4 Å². The Balaban J connectivity index is 1.32. The first-order chi connectivity index (χ1) is 16.3. The number of likely N-dealkylation sites (tertiary alicyclic amines) is 1. The monoisotopic (exact) mass is 460 g/mol. The zero-order valence-corrected chi connectivity index (χ0v) is 21.0. The summed E-state index contributed by atoms with van der Waals surface area (Å²) in [5.41, 5.74) is 5.83. The van der Waals surface area contributed by atoms with Gasteiger partial charge in [-0.3, -0.25) is 9.69 Å². The summed E-state index contributed by atoms with van der Waals surface area (Å²) in [6.07, 6.45) is 1.67. The molecule has 0 spiro atoms. The smallest absolute Gasteiger partial charge is 0.241 e. The van der Waals surface area contributed by atoms with Crippen LogP contribution < -0.4 is 5.32 Å². The third-order valence-corrected chi connectivity index (χ3v) is 6.79. The van der Waals surface area contributed by atoms with E-state index in [1.807, 2.05) is 12.1 Å². The van der Waals surface area contributed by atoms with Gasteiger partial charge in [0, 0.05) is 11.5 Å². The van der Waals surface area contributed by atoms with Crippen LogP contribution in [0.4, 0.5) is 0 Å². The molecule has 4 rings (SSSR count). The Morgan fingerprint density at radius 2 is 1.82 bits per heavy atom. The first-order valence-electron chi connectivity index (χ1n) is 12.3. The Morgan fingerprint density at radius 3 is 2.50 bits per heavy atom. The lowest BCUT2D eigenvalue weighted by Gasteiger charge is -2.32. The average molecular weight is 461 g/mol. The van der Waals surface area contributed by atoms with Crippen LogP contribution in [0.25, 0.3) is 11.4 Å². The van der Waals surface area contributed by atoms with Gasteiger partial charge in [0.2, 0.25) is 17.6 Å². The lowest BCUT2D eigenvalue weighted by Crippen LogP contribution is -2.42. The van der Waals surface area contributed by atoms with E-state index < -0.39 is 0 Å². The number of nitrogens with one attached hydrogen (secondary N) is 1. The maximum atomic E-state index is 13.1. The van der Waals surface area contributed by atoms with Crippen LogP contribution >= 0.6 is 0 Å². The second-order valence-electron chi connectivity index (χ2n) is 10.0. The quantitative estimate of drug-likeness (QED) is 0.512. The maximum Gasteiger partial charge on any atom is 0.241 e. The minimum Gasteiger partial charge on any atom is -0.349 e. The summed E-state index contributed by atoms with van der Waals surface area (Å²) in [6, 6.07) is 14.6. The number of hydrogen-bond donors (Lipinski definition) is 1. The standard InChI is InChI=1S/C28H36N4O2/c1-18(2)26(24-10-9-20(4)15-21(24)5)30-28(33)22-11-13-32(14-12-22)17-25-29-27(31-34-25)23-8-6-7-19(3)16-23/h6-10,15-16,18,22,26H,11-14,17H2,1-5H3,(H,30,33). The Kier molecular flexibility index (Phi) is 7.47. The number of hydrogen-bond acceptors (Lipinski definition) is 5. The second kappa shape index (κ2) is 10.5. The SMILES string of the molecule is Cc1cccc(-c2noc(CN3CCC(C(=O)NC(c4ccc(C)cc4C)C(C)C)CC3)n2)c1. The lowest BCUT2D eigenvalue weighted by atomic mass is 9.90. The first kappa shape index (κ1) is 24.1. The summed E-state index contributed by atoms with van der Waals surface area (Å²) in [5.74, 6) is 1.77. The molecule has 1 aliphatic rings. The van der Waals surface area contributed by atoms with Gasteiger partial charge in [-0.25, -0.2) is 0 Å². The number of carbonyl (C=O) groups excluding carboxylic acids is 1. The fraction of sp³-hybridized carbons (Fsp3) is 0.464. The molecule has 0 bridgehead atoms. The van der Waals surface area contributed by atoms with E-state index >= 15 is 0 Å². The Hall–Kier alpha value is -2.99. The zero-order chi connectivity index (χ0) is 24.2. The van der Waals surface area contributed by atoms with Crippen LogP contribution in [0.2, 0.25) is 0 Å². The first-order valence-corrected chi connectivity index (χ1v) is 12.3. The lowest BCUT2D eigenvalue weighted by molar-refractivity contribution is -0.127. The van der Waals surface area contributed by atoms with Crippen molar-refractivity contribution in [3.8, 4) is 11.4 Å². The van der Waals surface area contributed by atoms with Crippen LogP contribution in [-0.2, 0) is 11.3 Å². The van der Waals surface area contributed by atoms with Crippen molar-refractivity contribution < 1.29 is 9.32 Å². The Bertz CT molecular complexity index is 1130. The summed E-state index contributed by atoms with van der Waals surface area (Å²) in [6.45, 7) is 12.9. The minimum absolute atomic E-state index is 0.0320. The average Bonchev–Trinajstić information content (AvgIpc) is 3.27. The van der Waals surface area contributed by atoms with Gasteiger partial charge in [-0.1, -0.05) is 66.5 Å². The molecule has 1 saturated heterocycles. The van der Waals surface area contributed by atoms with Gasteiger partial charge in [0.25, 0.3) is 0 Å². The molecule has 0 saturated carbocycles. The highest BCUT2D eigenvalue weighted by Gasteiger charge is 2.29. The number of nitrogens with zero attached hydrogens (tertiary/aromatic N) is 3. The molecule has 1 unspecified atom stereocenters. The third kappa shape index (κ3) is 5.73. The number of benzene rings is 2. The van der Waals surface area contributed by atoms with Gasteiger partial charge in [0.1, 0.15) is 0 Å². The molecule has 34 heavy (non-hydrogen) atoms. The number of aryl methyl sites for hydroxylation is 3. The summed E-state index contributed by atoms with van der Waals surface area (Å²) in [4.78, 5) is 20.0. The number of rotatable bonds is 7. The predicted molar refractivity (Wildman–Crippen MR) is 134 cm³/mol. The van der Waals surface area contributed by atoms with Crippen LogP contribution in [0.5, 0.6) is 0 Å². The molecule has 180 valence electrons. The van der Waals surface area contributed by atoms with Crippen LogP contribution in [0.15, 0.2) is 47.0 Å². The molecule has 2 heterocycles. The van der Waals surface area contributed by atoms with Crippen molar-refractivity contribution in [2.24, 2.45) is 11.8 Å². The minimum atomic E-state index is 0.0320. The molecular formula is C28H36N4O2. The van der Waals surface area contributed by atoms with Crippen molar-refractivity contribution >= 4 is 5.91 Å².